The van der Waals surface area contributed by atoms with Gasteiger partial charge in [-0.15, -0.1) is 0 Å². The van der Waals surface area contributed by atoms with Gasteiger partial charge in [0, 0.05) is 43.4 Å². The number of methoxy groups -OCH3 is 1. The maximum Gasteiger partial charge on any atom is 0.332 e. The number of ether oxygens (including phenoxy) is 1. The number of primary amides is 1. The smallest absolute Gasteiger partial charge is 0.332 e. The summed E-state index contributed by atoms with van der Waals surface area (Å²) in [6.07, 6.45) is 17.6. The van der Waals surface area contributed by atoms with Gasteiger partial charge in [-0.3, -0.25) is 9.59 Å². The van der Waals surface area contributed by atoms with Crippen LogP contribution in [0, 0.1) is 13.8 Å². The Bertz CT molecular complexity index is 1440. The number of hydrogen-bond donors (Lipinski definition) is 5. The number of nitrogens with two attached hydrogens (primary N) is 3. The molecule has 3 rings (SSSR count). The first-order chi connectivity index (χ1) is 20.5. The van der Waals surface area contributed by atoms with Crippen LogP contribution in [0.25, 0.3) is 0 Å². The minimum absolute atomic E-state index is 0.130. The molecule has 10 heteroatoms. The maximum absolute atomic E-state index is 13.8. The molecule has 0 aliphatic heterocycles. The van der Waals surface area contributed by atoms with E-state index in [0.29, 0.717) is 35.6 Å². The third-order valence-corrected chi connectivity index (χ3v) is 7.30. The lowest BCUT2D eigenvalue weighted by molar-refractivity contribution is -0.133. The van der Waals surface area contributed by atoms with Gasteiger partial charge in [0.2, 0.25) is 11.8 Å². The predicted molar refractivity (Wildman–Crippen MR) is 167 cm³/mol. The van der Waals surface area contributed by atoms with Gasteiger partial charge < -0.3 is 37.3 Å². The van der Waals surface area contributed by atoms with Gasteiger partial charge >= 0.3 is 5.97 Å². The second-order valence-electron chi connectivity index (χ2n) is 10.5. The average Bonchev–Trinajstić information content (AvgIpc) is 3.37. The highest BCUT2D eigenvalue weighted by Crippen LogP contribution is 2.22. The molecule has 0 radical (unpaired) electrons. The maximum atomic E-state index is 13.8. The fourth-order valence-electron chi connectivity index (χ4n) is 4.90. The van der Waals surface area contributed by atoms with E-state index in [0.717, 1.165) is 22.3 Å². The molecule has 0 bridgehead atoms. The van der Waals surface area contributed by atoms with Gasteiger partial charge in [0.1, 0.15) is 5.76 Å². The van der Waals surface area contributed by atoms with Crippen LogP contribution < -0.4 is 22.5 Å². The number of nitrogens with one attached hydrogen (secondary N) is 1. The highest BCUT2D eigenvalue weighted by molar-refractivity contribution is 5.93. The first-order valence-corrected chi connectivity index (χ1v) is 14.0. The van der Waals surface area contributed by atoms with Crippen LogP contribution in [0.2, 0.25) is 0 Å². The number of allylic oxidation sites excluding steroid dienone is 9. The summed E-state index contributed by atoms with van der Waals surface area (Å²) in [5.74, 6) is -1.38. The second kappa shape index (κ2) is 15.4. The SMILES string of the molecule is COC1=CC=C(CN(CCN/C=C(\N)C2=CC=CC=CC2)C(=O)C(N)Cc2c(C)cc(C(N)=O)cc2C)C=C(C(=O)O)C1. The number of carboxylic acids is 1. The van der Waals surface area contributed by atoms with Crippen LogP contribution in [0.3, 0.4) is 0 Å². The standard InChI is InChI=1S/C33H41N5O5/c1-21-14-25(31(36)39)15-22(2)28(21)18-29(34)32(40)38(13-12-37-19-30(35)24-8-6-4-5-7-9-24)20-23-10-11-27(43-3)17-26(16-23)33(41)42/h4-8,10-11,14-16,19,29,37H,9,12-13,17-18,20,34-35H2,1-3H3,(H2,36,39)(H,41,42)/b30-19-. The van der Waals surface area contributed by atoms with Crippen LogP contribution in [-0.2, 0) is 20.7 Å². The number of aliphatic carboxylic acids is 1. The van der Waals surface area contributed by atoms with Crippen molar-refractivity contribution in [3.63, 3.8) is 0 Å². The van der Waals surface area contributed by atoms with Crippen LogP contribution in [0.4, 0.5) is 0 Å². The summed E-state index contributed by atoms with van der Waals surface area (Å²) in [4.78, 5) is 38.9. The number of carbonyl (C=O) groups excluding carboxylic acids is 2. The lowest BCUT2D eigenvalue weighted by Crippen LogP contribution is -2.47. The van der Waals surface area contributed by atoms with Crippen molar-refractivity contribution in [3.05, 3.63) is 117 Å². The van der Waals surface area contributed by atoms with E-state index in [-0.39, 0.29) is 37.4 Å². The zero-order valence-electron chi connectivity index (χ0n) is 24.9. The fraction of sp³-hybridized carbons (Fsp3) is 0.303. The summed E-state index contributed by atoms with van der Waals surface area (Å²) >= 11 is 0. The molecule has 1 aromatic rings. The molecule has 2 aliphatic carbocycles. The number of aryl methyl sites for hydroxylation is 2. The molecule has 0 spiro atoms. The number of nitrogens with zero attached hydrogens (tertiary/aromatic N) is 1. The molecule has 1 aromatic carbocycles. The van der Waals surface area contributed by atoms with E-state index in [1.165, 1.54) is 7.11 Å². The number of hydrogen-bond acceptors (Lipinski definition) is 7. The third-order valence-electron chi connectivity index (χ3n) is 7.30. The van der Waals surface area contributed by atoms with Crippen molar-refractivity contribution in [3.8, 4) is 0 Å². The number of carbonyl (C=O) groups is 3. The molecule has 2 aliphatic rings. The van der Waals surface area contributed by atoms with E-state index in [4.69, 9.17) is 21.9 Å². The Morgan fingerprint density at radius 3 is 2.44 bits per heavy atom. The molecule has 0 aromatic heterocycles. The number of amides is 2. The lowest BCUT2D eigenvalue weighted by Gasteiger charge is -2.27. The topological polar surface area (TPSA) is 174 Å². The van der Waals surface area contributed by atoms with E-state index in [2.05, 4.69) is 5.32 Å². The van der Waals surface area contributed by atoms with Gasteiger partial charge in [-0.2, -0.15) is 0 Å². The Morgan fingerprint density at radius 1 is 1.07 bits per heavy atom. The molecular formula is C33H41N5O5. The molecule has 2 amide bonds. The van der Waals surface area contributed by atoms with Crippen molar-refractivity contribution in [1.29, 1.82) is 0 Å². The van der Waals surface area contributed by atoms with E-state index in [1.807, 2.05) is 44.2 Å². The van der Waals surface area contributed by atoms with Crippen LogP contribution in [0.1, 0.15) is 39.9 Å². The minimum atomic E-state index is -1.06. The van der Waals surface area contributed by atoms with Crippen molar-refractivity contribution in [1.82, 2.24) is 10.2 Å². The quantitative estimate of drug-likeness (QED) is 0.219. The van der Waals surface area contributed by atoms with Crippen molar-refractivity contribution in [2.24, 2.45) is 17.2 Å². The molecule has 1 unspecified atom stereocenters. The highest BCUT2D eigenvalue weighted by Gasteiger charge is 2.24. The zero-order valence-corrected chi connectivity index (χ0v) is 24.9. The molecule has 10 nitrogen and oxygen atoms in total. The van der Waals surface area contributed by atoms with Crippen LogP contribution in [-0.4, -0.2) is 60.6 Å². The molecule has 8 N–H and O–H groups in total. The van der Waals surface area contributed by atoms with E-state index < -0.39 is 17.9 Å². The van der Waals surface area contributed by atoms with Crippen molar-refractivity contribution in [2.45, 2.75) is 39.2 Å². The van der Waals surface area contributed by atoms with Crippen LogP contribution in [0.5, 0.6) is 0 Å². The molecule has 1 atom stereocenters. The molecule has 228 valence electrons. The first kappa shape index (κ1) is 32.7. The second-order valence-corrected chi connectivity index (χ2v) is 10.5. The number of carboxylic acid groups (broad SMARTS) is 1. The summed E-state index contributed by atoms with van der Waals surface area (Å²) in [5, 5.41) is 12.9. The van der Waals surface area contributed by atoms with Gasteiger partial charge in [-0.25, -0.2) is 4.79 Å². The van der Waals surface area contributed by atoms with E-state index >= 15 is 0 Å². The summed E-state index contributed by atoms with van der Waals surface area (Å²) < 4.78 is 5.30. The van der Waals surface area contributed by atoms with Crippen molar-refractivity contribution in [2.75, 3.05) is 26.7 Å². The summed E-state index contributed by atoms with van der Waals surface area (Å²) in [7, 11) is 1.49. The van der Waals surface area contributed by atoms with Crippen LogP contribution in [0.15, 0.2) is 95.1 Å². The summed E-state index contributed by atoms with van der Waals surface area (Å²) in [5.41, 5.74) is 23.5. The Hall–Kier alpha value is -4.83. The Balaban J connectivity index is 1.82. The Kier molecular flexibility index (Phi) is 11.7. The average molecular weight is 588 g/mol. The zero-order chi connectivity index (χ0) is 31.5. The molecular weight excluding hydrogens is 546 g/mol. The summed E-state index contributed by atoms with van der Waals surface area (Å²) in [6.45, 7) is 4.51. The largest absolute Gasteiger partial charge is 0.501 e. The highest BCUT2D eigenvalue weighted by atomic mass is 16.5. The fourth-order valence-corrected chi connectivity index (χ4v) is 4.90. The van der Waals surface area contributed by atoms with Gasteiger partial charge in [0.15, 0.2) is 0 Å². The van der Waals surface area contributed by atoms with Crippen molar-refractivity contribution < 1.29 is 24.2 Å². The van der Waals surface area contributed by atoms with Crippen LogP contribution >= 0.6 is 0 Å². The third kappa shape index (κ3) is 9.34. The minimum Gasteiger partial charge on any atom is -0.501 e. The number of benzene rings is 1. The van der Waals surface area contributed by atoms with Crippen molar-refractivity contribution >= 4 is 17.8 Å². The monoisotopic (exact) mass is 587 g/mol. The Morgan fingerprint density at radius 2 is 1.79 bits per heavy atom. The van der Waals surface area contributed by atoms with Gasteiger partial charge in [-0.05, 0) is 78.8 Å². The molecule has 43 heavy (non-hydrogen) atoms. The number of rotatable bonds is 13. The first-order valence-electron chi connectivity index (χ1n) is 14.0. The molecule has 0 fully saturated rings. The van der Waals surface area contributed by atoms with Gasteiger partial charge in [0.05, 0.1) is 18.8 Å². The van der Waals surface area contributed by atoms with E-state index in [1.54, 1.807) is 41.5 Å². The summed E-state index contributed by atoms with van der Waals surface area (Å²) in [6, 6.07) is 2.51. The predicted octanol–water partition coefficient (Wildman–Crippen LogP) is 2.80. The molecule has 0 heterocycles. The lowest BCUT2D eigenvalue weighted by atomic mass is 9.93. The molecule has 0 saturated heterocycles. The van der Waals surface area contributed by atoms with Gasteiger partial charge in [0.25, 0.3) is 0 Å². The Labute approximate surface area is 252 Å². The van der Waals surface area contributed by atoms with E-state index in [9.17, 15) is 19.5 Å². The molecule has 0 saturated carbocycles. The van der Waals surface area contributed by atoms with Gasteiger partial charge in [-0.1, -0.05) is 36.5 Å². The normalized spacial score (nSPS) is 15.7.